The lowest BCUT2D eigenvalue weighted by molar-refractivity contribution is -0.117. The third-order valence-corrected chi connectivity index (χ3v) is 5.44. The van der Waals surface area contributed by atoms with Crippen molar-refractivity contribution in [2.75, 3.05) is 7.11 Å². The molecule has 0 aliphatic rings. The molecule has 0 atom stereocenters. The molecular weight excluding hydrogens is 338 g/mol. The minimum Gasteiger partial charge on any atom is -0.496 e. The number of thiazole rings is 1. The fraction of sp³-hybridized carbons (Fsp3) is 0.158. The van der Waals surface area contributed by atoms with Crippen molar-refractivity contribution in [2.24, 2.45) is 0 Å². The van der Waals surface area contributed by atoms with Crippen LogP contribution < -0.4 is 4.74 Å². The number of methoxy groups -OCH3 is 1. The van der Waals surface area contributed by atoms with Gasteiger partial charge in [-0.25, -0.2) is 4.98 Å². The van der Waals surface area contributed by atoms with E-state index in [0.717, 1.165) is 26.1 Å². The zero-order valence-corrected chi connectivity index (χ0v) is 14.9. The third-order valence-electron chi connectivity index (χ3n) is 3.48. The van der Waals surface area contributed by atoms with Crippen LogP contribution in [-0.4, -0.2) is 17.9 Å². The molecule has 0 spiro atoms. The monoisotopic (exact) mass is 355 g/mol. The van der Waals surface area contributed by atoms with Crippen LogP contribution in [0.15, 0.2) is 69.9 Å². The van der Waals surface area contributed by atoms with Crippen molar-refractivity contribution in [3.05, 3.63) is 70.7 Å². The second-order valence-electron chi connectivity index (χ2n) is 5.18. The maximum Gasteiger partial charge on any atom is 0.144 e. The smallest absolute Gasteiger partial charge is 0.144 e. The van der Waals surface area contributed by atoms with Gasteiger partial charge in [-0.05, 0) is 23.8 Å². The summed E-state index contributed by atoms with van der Waals surface area (Å²) in [5, 5.41) is 2.77. The normalized spacial score (nSPS) is 10.5. The molecule has 1 heterocycles. The average Bonchev–Trinajstić information content (AvgIpc) is 3.10. The van der Waals surface area contributed by atoms with Gasteiger partial charge in [0.15, 0.2) is 0 Å². The van der Waals surface area contributed by atoms with Crippen LogP contribution in [-0.2, 0) is 17.6 Å². The van der Waals surface area contributed by atoms with Crippen LogP contribution >= 0.6 is 23.1 Å². The number of Topliss-reactive ketones (excluding diaryl/α,β-unsaturated/α-hetero) is 1. The van der Waals surface area contributed by atoms with Crippen LogP contribution in [0.4, 0.5) is 0 Å². The first-order valence-electron chi connectivity index (χ1n) is 7.55. The molecule has 2 aromatic carbocycles. The molecular formula is C19H17NO2S2. The van der Waals surface area contributed by atoms with Gasteiger partial charge in [0.2, 0.25) is 0 Å². The molecule has 0 fully saturated rings. The fourth-order valence-corrected chi connectivity index (χ4v) is 4.05. The molecule has 0 saturated carbocycles. The number of aromatic nitrogens is 1. The summed E-state index contributed by atoms with van der Waals surface area (Å²) < 4.78 is 5.41. The van der Waals surface area contributed by atoms with E-state index >= 15 is 0 Å². The Hall–Kier alpha value is -2.11. The number of benzene rings is 2. The minimum absolute atomic E-state index is 0.179. The minimum atomic E-state index is 0.179. The Morgan fingerprint density at radius 1 is 1.08 bits per heavy atom. The summed E-state index contributed by atoms with van der Waals surface area (Å²) in [5.74, 6) is 1.02. The summed E-state index contributed by atoms with van der Waals surface area (Å²) in [6.07, 6.45) is 2.54. The average molecular weight is 355 g/mol. The van der Waals surface area contributed by atoms with Gasteiger partial charge in [-0.1, -0.05) is 42.1 Å². The highest BCUT2D eigenvalue weighted by molar-refractivity contribution is 7.99. The molecule has 0 N–H and O–H groups in total. The lowest BCUT2D eigenvalue weighted by atomic mass is 10.1. The fourth-order valence-electron chi connectivity index (χ4n) is 2.35. The Morgan fingerprint density at radius 3 is 2.58 bits per heavy atom. The quantitative estimate of drug-likeness (QED) is 0.618. The maximum absolute atomic E-state index is 12.3. The molecule has 3 nitrogen and oxygen atoms in total. The number of para-hydroxylation sites is 1. The van der Waals surface area contributed by atoms with E-state index in [1.165, 1.54) is 11.3 Å². The number of carbonyl (C=O) groups is 1. The van der Waals surface area contributed by atoms with Crippen molar-refractivity contribution in [3.63, 3.8) is 0 Å². The number of rotatable bonds is 7. The summed E-state index contributed by atoms with van der Waals surface area (Å²) >= 11 is 3.15. The Balaban J connectivity index is 1.76. The molecule has 0 aliphatic heterocycles. The predicted molar refractivity (Wildman–Crippen MR) is 98.1 cm³/mol. The number of nitrogens with zero attached hydrogens (tertiary/aromatic N) is 1. The lowest BCUT2D eigenvalue weighted by Crippen LogP contribution is -2.07. The lowest BCUT2D eigenvalue weighted by Gasteiger charge is -2.11. The van der Waals surface area contributed by atoms with Gasteiger partial charge in [-0.2, -0.15) is 0 Å². The van der Waals surface area contributed by atoms with Crippen LogP contribution in [0.5, 0.6) is 5.75 Å². The summed E-state index contributed by atoms with van der Waals surface area (Å²) in [4.78, 5) is 18.6. The van der Waals surface area contributed by atoms with Crippen molar-refractivity contribution < 1.29 is 9.53 Å². The number of hydrogen-bond donors (Lipinski definition) is 0. The standard InChI is InChI=1S/C19H17NO2S2/c1-22-16-7-3-5-9-18(16)24-17-8-4-2-6-14(17)12-15(21)13-19-20-10-11-23-19/h2-11H,12-13H2,1H3. The highest BCUT2D eigenvalue weighted by Crippen LogP contribution is 2.36. The Bertz CT molecular complexity index is 816. The Labute approximate surface area is 149 Å². The molecule has 3 aromatic rings. The molecule has 24 heavy (non-hydrogen) atoms. The molecule has 0 saturated heterocycles. The van der Waals surface area contributed by atoms with E-state index in [1.807, 2.05) is 53.9 Å². The van der Waals surface area contributed by atoms with E-state index in [0.29, 0.717) is 12.8 Å². The highest BCUT2D eigenvalue weighted by Gasteiger charge is 2.12. The van der Waals surface area contributed by atoms with Gasteiger partial charge >= 0.3 is 0 Å². The molecule has 0 amide bonds. The summed E-state index contributed by atoms with van der Waals surface area (Å²) in [7, 11) is 1.67. The zero-order valence-electron chi connectivity index (χ0n) is 13.3. The largest absolute Gasteiger partial charge is 0.496 e. The first kappa shape index (κ1) is 16.7. The van der Waals surface area contributed by atoms with E-state index in [9.17, 15) is 4.79 Å². The van der Waals surface area contributed by atoms with Gasteiger partial charge in [0, 0.05) is 22.9 Å². The van der Waals surface area contributed by atoms with Gasteiger partial charge in [-0.15, -0.1) is 11.3 Å². The van der Waals surface area contributed by atoms with Gasteiger partial charge in [0.1, 0.15) is 11.5 Å². The zero-order chi connectivity index (χ0) is 16.8. The molecule has 0 bridgehead atoms. The number of ether oxygens (including phenoxy) is 1. The van der Waals surface area contributed by atoms with Crippen molar-refractivity contribution in [1.82, 2.24) is 4.98 Å². The van der Waals surface area contributed by atoms with E-state index in [-0.39, 0.29) is 5.78 Å². The first-order valence-corrected chi connectivity index (χ1v) is 9.24. The van der Waals surface area contributed by atoms with Gasteiger partial charge in [0.05, 0.1) is 23.4 Å². The Kier molecular flexibility index (Phi) is 5.67. The van der Waals surface area contributed by atoms with Gasteiger partial charge in [-0.3, -0.25) is 4.79 Å². The number of hydrogen-bond acceptors (Lipinski definition) is 5. The van der Waals surface area contributed by atoms with Crippen LogP contribution in [0, 0.1) is 0 Å². The summed E-state index contributed by atoms with van der Waals surface area (Å²) in [5.41, 5.74) is 1.04. The molecule has 5 heteroatoms. The SMILES string of the molecule is COc1ccccc1Sc1ccccc1CC(=O)Cc1nccs1. The van der Waals surface area contributed by atoms with E-state index < -0.39 is 0 Å². The van der Waals surface area contributed by atoms with Crippen molar-refractivity contribution in [1.29, 1.82) is 0 Å². The molecule has 1 aromatic heterocycles. The Morgan fingerprint density at radius 2 is 1.83 bits per heavy atom. The third kappa shape index (κ3) is 4.24. The molecule has 0 aliphatic carbocycles. The van der Waals surface area contributed by atoms with Gasteiger partial charge in [0.25, 0.3) is 0 Å². The van der Waals surface area contributed by atoms with Crippen molar-refractivity contribution >= 4 is 28.9 Å². The predicted octanol–water partition coefficient (Wildman–Crippen LogP) is 4.66. The van der Waals surface area contributed by atoms with E-state index in [1.54, 1.807) is 25.1 Å². The molecule has 0 radical (unpaired) electrons. The van der Waals surface area contributed by atoms with E-state index in [4.69, 9.17) is 4.74 Å². The van der Waals surface area contributed by atoms with Gasteiger partial charge < -0.3 is 4.74 Å². The summed E-state index contributed by atoms with van der Waals surface area (Å²) in [6.45, 7) is 0. The topological polar surface area (TPSA) is 39.2 Å². The molecule has 3 rings (SSSR count). The van der Waals surface area contributed by atoms with E-state index in [2.05, 4.69) is 4.98 Å². The van der Waals surface area contributed by atoms with Crippen LogP contribution in [0.3, 0.4) is 0 Å². The number of carbonyl (C=O) groups excluding carboxylic acids is 1. The highest BCUT2D eigenvalue weighted by atomic mass is 32.2. The first-order chi connectivity index (χ1) is 11.8. The van der Waals surface area contributed by atoms with Crippen molar-refractivity contribution in [2.45, 2.75) is 22.6 Å². The second-order valence-corrected chi connectivity index (χ2v) is 7.24. The summed E-state index contributed by atoms with van der Waals surface area (Å²) in [6, 6.07) is 15.9. The van der Waals surface area contributed by atoms with Crippen LogP contribution in [0.25, 0.3) is 0 Å². The van der Waals surface area contributed by atoms with Crippen molar-refractivity contribution in [3.8, 4) is 5.75 Å². The van der Waals surface area contributed by atoms with Crippen LogP contribution in [0.2, 0.25) is 0 Å². The second kappa shape index (κ2) is 8.13. The maximum atomic E-state index is 12.3. The molecule has 0 unspecified atom stereocenters. The van der Waals surface area contributed by atoms with Crippen LogP contribution in [0.1, 0.15) is 10.6 Å². The number of ketones is 1. The molecule has 122 valence electrons.